The molecule has 24 heavy (non-hydrogen) atoms. The molecule has 0 saturated carbocycles. The van der Waals surface area contributed by atoms with Gasteiger partial charge in [-0.2, -0.15) is 20.2 Å². The summed E-state index contributed by atoms with van der Waals surface area (Å²) in [6, 6.07) is 6.06. The lowest BCUT2D eigenvalue weighted by Gasteiger charge is -2.10. The number of thioether (sulfide) groups is 1. The molecular formula is C14H22N6O2S2. The molecule has 0 amide bonds. The van der Waals surface area contributed by atoms with Crippen LogP contribution in [0.5, 0.6) is 0 Å². The van der Waals surface area contributed by atoms with E-state index in [-0.39, 0.29) is 11.7 Å². The van der Waals surface area contributed by atoms with Crippen LogP contribution in [0.15, 0.2) is 27.0 Å². The van der Waals surface area contributed by atoms with Crippen molar-refractivity contribution in [2.45, 2.75) is 12.3 Å². The fraction of sp³-hybridized carbons (Fsp3) is 0.500. The lowest BCUT2D eigenvalue weighted by Crippen LogP contribution is -2.37. The SMILES string of the molecule is CNC1=NS(=O)(=O)N=C1NCCSCc1cccc(CN(C)C)n1. The third-order valence-corrected chi connectivity index (χ3v) is 4.83. The zero-order chi connectivity index (χ0) is 17.6. The fourth-order valence-corrected chi connectivity index (χ4v) is 3.65. The molecule has 1 aliphatic heterocycles. The Morgan fingerprint density at radius 3 is 2.58 bits per heavy atom. The van der Waals surface area contributed by atoms with Gasteiger partial charge in [0.15, 0.2) is 11.7 Å². The maximum Gasteiger partial charge on any atom is 0.367 e. The summed E-state index contributed by atoms with van der Waals surface area (Å²) in [4.78, 5) is 6.70. The summed E-state index contributed by atoms with van der Waals surface area (Å²) in [5.74, 6) is 2.12. The molecule has 0 atom stereocenters. The molecule has 8 nitrogen and oxygen atoms in total. The summed E-state index contributed by atoms with van der Waals surface area (Å²) in [5, 5.41) is 5.71. The van der Waals surface area contributed by atoms with E-state index < -0.39 is 10.2 Å². The van der Waals surface area contributed by atoms with Gasteiger partial charge in [-0.25, -0.2) is 0 Å². The molecule has 0 fully saturated rings. The fourth-order valence-electron chi connectivity index (χ4n) is 2.06. The predicted molar refractivity (Wildman–Crippen MR) is 98.6 cm³/mol. The van der Waals surface area contributed by atoms with Crippen molar-refractivity contribution in [1.29, 1.82) is 0 Å². The molecule has 0 saturated heterocycles. The second-order valence-corrected chi connectivity index (χ2v) is 7.78. The molecule has 0 aromatic carbocycles. The number of amidine groups is 2. The molecule has 0 unspecified atom stereocenters. The van der Waals surface area contributed by atoms with Crippen LogP contribution in [0.2, 0.25) is 0 Å². The van der Waals surface area contributed by atoms with E-state index >= 15 is 0 Å². The van der Waals surface area contributed by atoms with E-state index in [2.05, 4.69) is 29.3 Å². The average molecular weight is 371 g/mol. The van der Waals surface area contributed by atoms with Crippen LogP contribution in [0, 0.1) is 0 Å². The Bertz CT molecular complexity index is 731. The van der Waals surface area contributed by atoms with Crippen molar-refractivity contribution in [3.63, 3.8) is 0 Å². The van der Waals surface area contributed by atoms with E-state index in [9.17, 15) is 8.42 Å². The number of rotatable bonds is 7. The zero-order valence-electron chi connectivity index (χ0n) is 14.0. The minimum atomic E-state index is -3.73. The van der Waals surface area contributed by atoms with Crippen molar-refractivity contribution in [2.75, 3.05) is 33.4 Å². The second kappa shape index (κ2) is 8.45. The largest absolute Gasteiger partial charge is 0.369 e. The molecule has 1 aromatic rings. The number of nitrogens with zero attached hydrogens (tertiary/aromatic N) is 4. The lowest BCUT2D eigenvalue weighted by atomic mass is 10.3. The van der Waals surface area contributed by atoms with Gasteiger partial charge in [0.2, 0.25) is 0 Å². The monoisotopic (exact) mass is 370 g/mol. The molecule has 1 aliphatic rings. The first-order valence-electron chi connectivity index (χ1n) is 7.44. The van der Waals surface area contributed by atoms with Crippen LogP contribution in [0.25, 0.3) is 0 Å². The third kappa shape index (κ3) is 5.77. The molecule has 10 heteroatoms. The minimum absolute atomic E-state index is 0.248. The maximum atomic E-state index is 11.3. The maximum absolute atomic E-state index is 11.3. The van der Waals surface area contributed by atoms with Crippen molar-refractivity contribution >= 4 is 33.6 Å². The standard InChI is InChI=1S/C14H22N6O2S2/c1-15-13-14(19-24(21,22)18-13)16-7-8-23-10-12-6-4-5-11(17-12)9-20(2)3/h4-6H,7-10H2,1-3H3,(H,15,18)(H,16,19). The quantitative estimate of drug-likeness (QED) is 0.663. The molecule has 0 spiro atoms. The first-order chi connectivity index (χ1) is 11.4. The van der Waals surface area contributed by atoms with Crippen molar-refractivity contribution in [1.82, 2.24) is 20.5 Å². The number of nitrogens with one attached hydrogen (secondary N) is 2. The summed E-state index contributed by atoms with van der Waals surface area (Å²) < 4.78 is 29.7. The van der Waals surface area contributed by atoms with Gasteiger partial charge in [-0.15, -0.1) is 8.80 Å². The zero-order valence-corrected chi connectivity index (χ0v) is 15.6. The Morgan fingerprint density at radius 1 is 1.17 bits per heavy atom. The molecule has 2 N–H and O–H groups in total. The van der Waals surface area contributed by atoms with Gasteiger partial charge in [-0.05, 0) is 26.2 Å². The summed E-state index contributed by atoms with van der Waals surface area (Å²) in [7, 11) is 1.92. The Hall–Kier alpha value is -1.65. The van der Waals surface area contributed by atoms with Gasteiger partial charge in [0.05, 0.1) is 11.4 Å². The molecule has 1 aromatic heterocycles. The van der Waals surface area contributed by atoms with Crippen LogP contribution in [0.1, 0.15) is 11.4 Å². The summed E-state index contributed by atoms with van der Waals surface area (Å²) in [5.41, 5.74) is 2.09. The second-order valence-electron chi connectivity index (χ2n) is 5.42. The van der Waals surface area contributed by atoms with Crippen LogP contribution in [-0.2, 0) is 22.5 Å². The van der Waals surface area contributed by atoms with Gasteiger partial charge >= 0.3 is 10.2 Å². The normalized spacial score (nSPS) is 16.0. The predicted octanol–water partition coefficient (Wildman–Crippen LogP) is 0.241. The van der Waals surface area contributed by atoms with Gasteiger partial charge in [-0.1, -0.05) is 6.07 Å². The first-order valence-corrected chi connectivity index (χ1v) is 9.99. The Kier molecular flexibility index (Phi) is 6.58. The van der Waals surface area contributed by atoms with Crippen molar-refractivity contribution in [3.05, 3.63) is 29.6 Å². The number of hydrogen-bond donors (Lipinski definition) is 2. The Balaban J connectivity index is 1.75. The van der Waals surface area contributed by atoms with E-state index in [0.29, 0.717) is 6.54 Å². The van der Waals surface area contributed by atoms with E-state index in [4.69, 9.17) is 0 Å². The summed E-state index contributed by atoms with van der Waals surface area (Å²) >= 11 is 1.72. The van der Waals surface area contributed by atoms with Gasteiger partial charge in [0.25, 0.3) is 0 Å². The van der Waals surface area contributed by atoms with E-state index in [0.717, 1.165) is 29.4 Å². The third-order valence-electron chi connectivity index (χ3n) is 3.01. The van der Waals surface area contributed by atoms with Crippen molar-refractivity contribution in [3.8, 4) is 0 Å². The van der Waals surface area contributed by atoms with Crippen LogP contribution < -0.4 is 10.6 Å². The average Bonchev–Trinajstić information content (AvgIpc) is 2.81. The van der Waals surface area contributed by atoms with Gasteiger partial charge in [0.1, 0.15) is 0 Å². The lowest BCUT2D eigenvalue weighted by molar-refractivity contribution is 0.396. The molecular weight excluding hydrogens is 348 g/mol. The van der Waals surface area contributed by atoms with Crippen molar-refractivity contribution < 1.29 is 8.42 Å². The number of likely N-dealkylation sites (N-methyl/N-ethyl adjacent to an activating group) is 1. The first kappa shape index (κ1) is 18.7. The molecule has 0 radical (unpaired) electrons. The van der Waals surface area contributed by atoms with Crippen LogP contribution in [0.3, 0.4) is 0 Å². The Morgan fingerprint density at radius 2 is 1.88 bits per heavy atom. The highest BCUT2D eigenvalue weighted by Gasteiger charge is 2.22. The number of aromatic nitrogens is 1. The van der Waals surface area contributed by atoms with Crippen LogP contribution in [-0.4, -0.2) is 63.4 Å². The molecule has 132 valence electrons. The van der Waals surface area contributed by atoms with E-state index in [1.165, 1.54) is 0 Å². The molecule has 0 bridgehead atoms. The van der Waals surface area contributed by atoms with Gasteiger partial charge in [-0.3, -0.25) is 4.98 Å². The van der Waals surface area contributed by atoms with E-state index in [1.54, 1.807) is 18.8 Å². The van der Waals surface area contributed by atoms with Gasteiger partial charge < -0.3 is 15.5 Å². The Labute approximate surface area is 147 Å². The highest BCUT2D eigenvalue weighted by molar-refractivity contribution is 7.98. The van der Waals surface area contributed by atoms with Gasteiger partial charge in [0, 0.05) is 31.6 Å². The summed E-state index contributed by atoms with van der Waals surface area (Å²) in [6.45, 7) is 1.41. The topological polar surface area (TPSA) is 99.0 Å². The molecule has 2 heterocycles. The smallest absolute Gasteiger partial charge is 0.367 e. The molecule has 0 aliphatic carbocycles. The molecule has 2 rings (SSSR count). The van der Waals surface area contributed by atoms with E-state index in [1.807, 2.05) is 32.3 Å². The highest BCUT2D eigenvalue weighted by Crippen LogP contribution is 2.11. The minimum Gasteiger partial charge on any atom is -0.369 e. The van der Waals surface area contributed by atoms with Crippen LogP contribution in [0.4, 0.5) is 0 Å². The summed E-state index contributed by atoms with van der Waals surface area (Å²) in [6.07, 6.45) is 0. The highest BCUT2D eigenvalue weighted by atomic mass is 32.2. The number of hydrogen-bond acceptors (Lipinski definition) is 7. The van der Waals surface area contributed by atoms with Crippen molar-refractivity contribution in [2.24, 2.45) is 8.80 Å². The van der Waals surface area contributed by atoms with Crippen LogP contribution >= 0.6 is 11.8 Å². The number of pyridine rings is 1.